The van der Waals surface area contributed by atoms with Crippen LogP contribution in [0.4, 0.5) is 0 Å². The predicted molar refractivity (Wildman–Crippen MR) is 136 cm³/mol. The van der Waals surface area contributed by atoms with E-state index in [1.807, 2.05) is 18.2 Å². The summed E-state index contributed by atoms with van der Waals surface area (Å²) < 4.78 is 0. The number of fused-ring (bicyclic) bond motifs is 1. The van der Waals surface area contributed by atoms with Crippen molar-refractivity contribution in [1.29, 1.82) is 0 Å². The van der Waals surface area contributed by atoms with E-state index >= 15 is 0 Å². The Bertz CT molecular complexity index is 1280. The van der Waals surface area contributed by atoms with E-state index in [1.165, 1.54) is 38.9 Å². The number of hydrogen-bond donors (Lipinski definition) is 2. The maximum atomic E-state index is 10.8. The smallest absolute Gasteiger partial charge is 0.119 e. The Balaban J connectivity index is 1.43. The van der Waals surface area contributed by atoms with Crippen molar-refractivity contribution in [2.24, 2.45) is 0 Å². The molecule has 0 unspecified atom stereocenters. The van der Waals surface area contributed by atoms with Gasteiger partial charge in [-0.2, -0.15) is 0 Å². The molecular formula is C31H30O2. The SMILES string of the molecule is Cc1ccc(-c2ccc(O)cc2CC[C@H]2CCc3c(-c4ccc(C)cc4)ccc(O)c32)cc1. The highest BCUT2D eigenvalue weighted by atomic mass is 16.3. The average molecular weight is 435 g/mol. The van der Waals surface area contributed by atoms with Crippen molar-refractivity contribution in [3.8, 4) is 33.8 Å². The molecule has 0 aliphatic heterocycles. The van der Waals surface area contributed by atoms with Crippen LogP contribution in [0.1, 0.15) is 46.6 Å². The summed E-state index contributed by atoms with van der Waals surface area (Å²) in [5.41, 5.74) is 10.8. The Morgan fingerprint density at radius 2 is 1.33 bits per heavy atom. The van der Waals surface area contributed by atoms with Crippen molar-refractivity contribution in [3.63, 3.8) is 0 Å². The zero-order chi connectivity index (χ0) is 22.9. The Morgan fingerprint density at radius 3 is 2.00 bits per heavy atom. The lowest BCUT2D eigenvalue weighted by molar-refractivity contribution is 0.459. The van der Waals surface area contributed by atoms with Gasteiger partial charge in [-0.05, 0) is 97.0 Å². The summed E-state index contributed by atoms with van der Waals surface area (Å²) in [6, 6.07) is 26.8. The van der Waals surface area contributed by atoms with Crippen molar-refractivity contribution < 1.29 is 10.2 Å². The lowest BCUT2D eigenvalue weighted by atomic mass is 9.88. The third kappa shape index (κ3) is 4.26. The molecule has 4 aromatic rings. The van der Waals surface area contributed by atoms with Crippen LogP contribution >= 0.6 is 0 Å². The van der Waals surface area contributed by atoms with Gasteiger partial charge in [0.1, 0.15) is 11.5 Å². The maximum Gasteiger partial charge on any atom is 0.119 e. The van der Waals surface area contributed by atoms with E-state index in [9.17, 15) is 10.2 Å². The predicted octanol–water partition coefficient (Wildman–Crippen LogP) is 7.71. The third-order valence-corrected chi connectivity index (χ3v) is 7.06. The van der Waals surface area contributed by atoms with Gasteiger partial charge in [0.05, 0.1) is 0 Å². The number of aryl methyl sites for hydroxylation is 3. The molecule has 1 aliphatic carbocycles. The Labute approximate surface area is 196 Å². The van der Waals surface area contributed by atoms with Crippen LogP contribution in [0.3, 0.4) is 0 Å². The zero-order valence-electron chi connectivity index (χ0n) is 19.3. The molecule has 2 heteroatoms. The zero-order valence-corrected chi connectivity index (χ0v) is 19.3. The molecule has 2 nitrogen and oxygen atoms in total. The van der Waals surface area contributed by atoms with E-state index in [0.717, 1.165) is 36.8 Å². The molecule has 0 bridgehead atoms. The van der Waals surface area contributed by atoms with Crippen LogP contribution in [-0.2, 0) is 12.8 Å². The summed E-state index contributed by atoms with van der Waals surface area (Å²) in [6.07, 6.45) is 3.84. The van der Waals surface area contributed by atoms with Crippen LogP contribution in [0.15, 0.2) is 78.9 Å². The van der Waals surface area contributed by atoms with Gasteiger partial charge in [-0.1, -0.05) is 71.8 Å². The van der Waals surface area contributed by atoms with Gasteiger partial charge in [0.2, 0.25) is 0 Å². The lowest BCUT2D eigenvalue weighted by Crippen LogP contribution is -1.99. The van der Waals surface area contributed by atoms with Gasteiger partial charge >= 0.3 is 0 Å². The summed E-state index contributed by atoms with van der Waals surface area (Å²) in [7, 11) is 0. The maximum absolute atomic E-state index is 10.8. The van der Waals surface area contributed by atoms with Gasteiger partial charge in [-0.15, -0.1) is 0 Å². The first-order valence-electron chi connectivity index (χ1n) is 11.8. The fourth-order valence-electron chi connectivity index (χ4n) is 5.26. The van der Waals surface area contributed by atoms with Crippen LogP contribution in [0.2, 0.25) is 0 Å². The molecule has 0 saturated carbocycles. The van der Waals surface area contributed by atoms with Gasteiger partial charge in [-0.3, -0.25) is 0 Å². The monoisotopic (exact) mass is 434 g/mol. The molecule has 0 saturated heterocycles. The molecule has 2 N–H and O–H groups in total. The minimum absolute atomic E-state index is 0.303. The summed E-state index contributed by atoms with van der Waals surface area (Å²) in [6.45, 7) is 4.20. The Morgan fingerprint density at radius 1 is 0.727 bits per heavy atom. The fraction of sp³-hybridized carbons (Fsp3) is 0.226. The molecule has 0 aromatic heterocycles. The number of rotatable bonds is 5. The molecule has 166 valence electrons. The van der Waals surface area contributed by atoms with E-state index in [-0.39, 0.29) is 0 Å². The van der Waals surface area contributed by atoms with Crippen molar-refractivity contribution in [1.82, 2.24) is 0 Å². The summed E-state index contributed by atoms with van der Waals surface area (Å²) >= 11 is 0. The van der Waals surface area contributed by atoms with Gasteiger partial charge in [0, 0.05) is 5.56 Å². The van der Waals surface area contributed by atoms with Crippen LogP contribution in [0, 0.1) is 13.8 Å². The molecule has 33 heavy (non-hydrogen) atoms. The topological polar surface area (TPSA) is 40.5 Å². The van der Waals surface area contributed by atoms with E-state index in [4.69, 9.17) is 0 Å². The van der Waals surface area contributed by atoms with E-state index < -0.39 is 0 Å². The molecule has 1 aliphatic rings. The van der Waals surface area contributed by atoms with Crippen molar-refractivity contribution in [2.75, 3.05) is 0 Å². The summed E-state index contributed by atoms with van der Waals surface area (Å²) in [5.74, 6) is 1.04. The van der Waals surface area contributed by atoms with Crippen LogP contribution in [0.25, 0.3) is 22.3 Å². The molecule has 5 rings (SSSR count). The second-order valence-corrected chi connectivity index (χ2v) is 9.37. The lowest BCUT2D eigenvalue weighted by Gasteiger charge is -2.17. The van der Waals surface area contributed by atoms with Crippen LogP contribution < -0.4 is 0 Å². The fourth-order valence-corrected chi connectivity index (χ4v) is 5.26. The van der Waals surface area contributed by atoms with Crippen molar-refractivity contribution in [3.05, 3.63) is 107 Å². The first kappa shape index (κ1) is 21.3. The van der Waals surface area contributed by atoms with Gasteiger partial charge < -0.3 is 10.2 Å². The Hall–Kier alpha value is -3.52. The number of phenolic OH excluding ortho intramolecular Hbond substituents is 2. The molecular weight excluding hydrogens is 404 g/mol. The molecule has 0 heterocycles. The molecule has 0 radical (unpaired) electrons. The standard InChI is InChI=1S/C31H30O2/c1-20-3-7-22(8-4-20)27-16-14-26(32)19-25(27)12-11-24-13-15-29-28(17-18-30(33)31(24)29)23-9-5-21(2)6-10-23/h3-10,14,16-19,24,32-33H,11-13,15H2,1-2H3/t24-/m0/s1. The first-order valence-corrected chi connectivity index (χ1v) is 11.8. The second-order valence-electron chi connectivity index (χ2n) is 9.37. The van der Waals surface area contributed by atoms with Crippen molar-refractivity contribution >= 4 is 0 Å². The Kier molecular flexibility index (Phi) is 5.68. The van der Waals surface area contributed by atoms with Crippen molar-refractivity contribution in [2.45, 2.75) is 45.4 Å². The van der Waals surface area contributed by atoms with Crippen LogP contribution in [0.5, 0.6) is 11.5 Å². The quantitative estimate of drug-likeness (QED) is 0.338. The summed E-state index contributed by atoms with van der Waals surface area (Å²) in [4.78, 5) is 0. The normalized spacial score (nSPS) is 14.9. The number of hydrogen-bond acceptors (Lipinski definition) is 2. The first-order chi connectivity index (χ1) is 16.0. The highest BCUT2D eigenvalue weighted by Gasteiger charge is 2.28. The average Bonchev–Trinajstić information content (AvgIpc) is 3.24. The highest BCUT2D eigenvalue weighted by Crippen LogP contribution is 2.46. The molecule has 4 aromatic carbocycles. The number of phenols is 2. The third-order valence-electron chi connectivity index (χ3n) is 7.06. The van der Waals surface area contributed by atoms with E-state index in [2.05, 4.69) is 68.4 Å². The van der Waals surface area contributed by atoms with E-state index in [1.54, 1.807) is 6.07 Å². The largest absolute Gasteiger partial charge is 0.508 e. The highest BCUT2D eigenvalue weighted by molar-refractivity contribution is 5.72. The van der Waals surface area contributed by atoms with E-state index in [0.29, 0.717) is 17.4 Å². The minimum Gasteiger partial charge on any atom is -0.508 e. The molecule has 0 spiro atoms. The van der Waals surface area contributed by atoms with Crippen LogP contribution in [-0.4, -0.2) is 10.2 Å². The minimum atomic E-state index is 0.303. The van der Waals surface area contributed by atoms with Gasteiger partial charge in [0.25, 0.3) is 0 Å². The molecule has 0 amide bonds. The second kappa shape index (κ2) is 8.78. The van der Waals surface area contributed by atoms with Gasteiger partial charge in [-0.25, -0.2) is 0 Å². The number of aromatic hydroxyl groups is 2. The molecule has 0 fully saturated rings. The van der Waals surface area contributed by atoms with Gasteiger partial charge in [0.15, 0.2) is 0 Å². The summed E-state index contributed by atoms with van der Waals surface area (Å²) in [5, 5.41) is 20.9. The number of benzene rings is 4. The molecule has 1 atom stereocenters.